The van der Waals surface area contributed by atoms with Gasteiger partial charge in [0.25, 0.3) is 0 Å². The highest BCUT2D eigenvalue weighted by molar-refractivity contribution is 5.77. The van der Waals surface area contributed by atoms with Gasteiger partial charge in [0.05, 0.1) is 18.4 Å². The first kappa shape index (κ1) is 12.9. The predicted molar refractivity (Wildman–Crippen MR) is 51.8 cm³/mol. The number of aliphatic carboxylic acids is 1. The normalized spacial score (nSPS) is 16.9. The van der Waals surface area contributed by atoms with Gasteiger partial charge in [-0.25, -0.2) is 0 Å². The van der Waals surface area contributed by atoms with Gasteiger partial charge in [0.2, 0.25) is 0 Å². The topological polar surface area (TPSA) is 63.6 Å². The summed E-state index contributed by atoms with van der Waals surface area (Å²) in [6.07, 6.45) is 0.815. The Bertz CT molecular complexity index is 224. The van der Waals surface area contributed by atoms with Crippen molar-refractivity contribution in [2.45, 2.75) is 33.6 Å². The monoisotopic (exact) mass is 202 g/mol. The molecule has 0 bridgehead atoms. The molecule has 0 saturated heterocycles. The van der Waals surface area contributed by atoms with Crippen molar-refractivity contribution in [1.82, 2.24) is 0 Å². The van der Waals surface area contributed by atoms with Crippen molar-refractivity contribution in [3.05, 3.63) is 0 Å². The van der Waals surface area contributed by atoms with E-state index in [0.29, 0.717) is 12.8 Å². The maximum Gasteiger partial charge on any atom is 0.309 e. The Balaban J connectivity index is 4.46. The zero-order valence-electron chi connectivity index (χ0n) is 9.16. The third-order valence-electron chi connectivity index (χ3n) is 2.66. The second-order valence-corrected chi connectivity index (χ2v) is 3.85. The molecule has 0 fully saturated rings. The Morgan fingerprint density at radius 2 is 2.00 bits per heavy atom. The smallest absolute Gasteiger partial charge is 0.309 e. The molecule has 0 aliphatic heterocycles. The number of carboxylic acids is 1. The van der Waals surface area contributed by atoms with E-state index in [0.717, 1.165) is 0 Å². The van der Waals surface area contributed by atoms with Crippen molar-refractivity contribution in [3.63, 3.8) is 0 Å². The highest BCUT2D eigenvalue weighted by atomic mass is 16.5. The van der Waals surface area contributed by atoms with Crippen LogP contribution in [-0.2, 0) is 14.3 Å². The number of rotatable bonds is 5. The molecular weight excluding hydrogens is 184 g/mol. The van der Waals surface area contributed by atoms with Crippen LogP contribution >= 0.6 is 0 Å². The van der Waals surface area contributed by atoms with Gasteiger partial charge in [0.15, 0.2) is 0 Å². The molecule has 0 saturated carbocycles. The van der Waals surface area contributed by atoms with Gasteiger partial charge in [-0.2, -0.15) is 0 Å². The van der Waals surface area contributed by atoms with Crippen LogP contribution in [0.5, 0.6) is 0 Å². The Kier molecular flexibility index (Phi) is 4.60. The van der Waals surface area contributed by atoms with Crippen LogP contribution in [0, 0.1) is 11.3 Å². The van der Waals surface area contributed by atoms with Gasteiger partial charge < -0.3 is 9.84 Å². The molecule has 0 aliphatic rings. The van der Waals surface area contributed by atoms with E-state index in [1.54, 1.807) is 20.8 Å². The van der Waals surface area contributed by atoms with E-state index >= 15 is 0 Å². The quantitative estimate of drug-likeness (QED) is 0.689. The number of esters is 1. The number of carboxylic acid groups (broad SMARTS) is 1. The molecule has 1 N–H and O–H groups in total. The Morgan fingerprint density at radius 3 is 2.29 bits per heavy atom. The largest absolute Gasteiger partial charge is 0.481 e. The SMILES string of the molecule is CCC(C)(CC(C)C(=O)OC)C(=O)O. The van der Waals surface area contributed by atoms with Gasteiger partial charge in [-0.15, -0.1) is 0 Å². The van der Waals surface area contributed by atoms with Crippen molar-refractivity contribution in [1.29, 1.82) is 0 Å². The third-order valence-corrected chi connectivity index (χ3v) is 2.66. The molecule has 0 spiro atoms. The van der Waals surface area contributed by atoms with Crippen LogP contribution in [0.15, 0.2) is 0 Å². The van der Waals surface area contributed by atoms with Gasteiger partial charge in [-0.05, 0) is 19.8 Å². The second-order valence-electron chi connectivity index (χ2n) is 3.85. The number of methoxy groups -OCH3 is 1. The fourth-order valence-corrected chi connectivity index (χ4v) is 1.34. The van der Waals surface area contributed by atoms with Gasteiger partial charge in [-0.1, -0.05) is 13.8 Å². The van der Waals surface area contributed by atoms with Crippen molar-refractivity contribution in [2.24, 2.45) is 11.3 Å². The second kappa shape index (κ2) is 4.98. The molecule has 2 atom stereocenters. The van der Waals surface area contributed by atoms with Gasteiger partial charge in [-0.3, -0.25) is 9.59 Å². The summed E-state index contributed by atoms with van der Waals surface area (Å²) < 4.78 is 4.55. The average molecular weight is 202 g/mol. The molecule has 14 heavy (non-hydrogen) atoms. The highest BCUT2D eigenvalue weighted by Crippen LogP contribution is 2.30. The maximum absolute atomic E-state index is 11.1. The number of carbonyl (C=O) groups is 2. The molecule has 0 amide bonds. The van der Waals surface area contributed by atoms with Crippen LogP contribution in [0.4, 0.5) is 0 Å². The van der Waals surface area contributed by atoms with Crippen LogP contribution in [0.2, 0.25) is 0 Å². The average Bonchev–Trinajstić information content (AvgIpc) is 2.15. The van der Waals surface area contributed by atoms with Crippen molar-refractivity contribution in [2.75, 3.05) is 7.11 Å². The van der Waals surface area contributed by atoms with Crippen LogP contribution in [0.3, 0.4) is 0 Å². The Morgan fingerprint density at radius 1 is 1.50 bits per heavy atom. The van der Waals surface area contributed by atoms with Gasteiger partial charge >= 0.3 is 11.9 Å². The summed E-state index contributed by atoms with van der Waals surface area (Å²) in [6.45, 7) is 5.13. The van der Waals surface area contributed by atoms with E-state index in [9.17, 15) is 9.59 Å². The molecule has 0 aliphatic carbocycles. The van der Waals surface area contributed by atoms with Gasteiger partial charge in [0, 0.05) is 0 Å². The zero-order valence-corrected chi connectivity index (χ0v) is 9.16. The lowest BCUT2D eigenvalue weighted by molar-refractivity contribution is -0.152. The summed E-state index contributed by atoms with van der Waals surface area (Å²) >= 11 is 0. The molecule has 0 radical (unpaired) electrons. The van der Waals surface area contributed by atoms with Crippen LogP contribution in [-0.4, -0.2) is 24.2 Å². The standard InChI is InChI=1S/C10H18O4/c1-5-10(3,9(12)13)6-7(2)8(11)14-4/h7H,5-6H2,1-4H3,(H,12,13). The van der Waals surface area contributed by atoms with E-state index in [2.05, 4.69) is 4.74 Å². The molecule has 2 unspecified atom stereocenters. The maximum atomic E-state index is 11.1. The van der Waals surface area contributed by atoms with E-state index in [-0.39, 0.29) is 11.9 Å². The Hall–Kier alpha value is -1.06. The summed E-state index contributed by atoms with van der Waals surface area (Å²) in [5, 5.41) is 8.98. The van der Waals surface area contributed by atoms with Crippen LogP contribution in [0.25, 0.3) is 0 Å². The predicted octanol–water partition coefficient (Wildman–Crippen LogP) is 1.69. The van der Waals surface area contributed by atoms with E-state index in [1.807, 2.05) is 0 Å². The van der Waals surface area contributed by atoms with E-state index < -0.39 is 11.4 Å². The zero-order chi connectivity index (χ0) is 11.4. The summed E-state index contributed by atoms with van der Waals surface area (Å²) in [7, 11) is 1.31. The fourth-order valence-electron chi connectivity index (χ4n) is 1.34. The fraction of sp³-hybridized carbons (Fsp3) is 0.800. The number of carbonyl (C=O) groups excluding carboxylic acids is 1. The summed E-state index contributed by atoms with van der Waals surface area (Å²) in [5.74, 6) is -1.59. The molecule has 0 aromatic heterocycles. The molecule has 0 heterocycles. The number of hydrogen-bond acceptors (Lipinski definition) is 3. The first-order chi connectivity index (χ1) is 6.37. The molecule has 0 aromatic rings. The molecule has 0 rings (SSSR count). The molecule has 82 valence electrons. The van der Waals surface area contributed by atoms with E-state index in [4.69, 9.17) is 5.11 Å². The lowest BCUT2D eigenvalue weighted by Gasteiger charge is -2.25. The third kappa shape index (κ3) is 3.01. The number of ether oxygens (including phenoxy) is 1. The van der Waals surface area contributed by atoms with Crippen molar-refractivity contribution < 1.29 is 19.4 Å². The summed E-state index contributed by atoms with van der Waals surface area (Å²) in [5.41, 5.74) is -0.840. The molecular formula is C10H18O4. The lowest BCUT2D eigenvalue weighted by atomic mass is 9.79. The number of hydrogen-bond donors (Lipinski definition) is 1. The molecule has 0 aromatic carbocycles. The van der Waals surface area contributed by atoms with Crippen molar-refractivity contribution >= 4 is 11.9 Å². The summed E-state index contributed by atoms with van der Waals surface area (Å²) in [6, 6.07) is 0. The summed E-state index contributed by atoms with van der Waals surface area (Å²) in [4.78, 5) is 22.1. The molecule has 4 nitrogen and oxygen atoms in total. The van der Waals surface area contributed by atoms with Crippen LogP contribution in [0.1, 0.15) is 33.6 Å². The Labute approximate surface area is 84.3 Å². The highest BCUT2D eigenvalue weighted by Gasteiger charge is 2.34. The van der Waals surface area contributed by atoms with Crippen molar-refractivity contribution in [3.8, 4) is 0 Å². The minimum atomic E-state index is -0.865. The van der Waals surface area contributed by atoms with E-state index in [1.165, 1.54) is 7.11 Å². The first-order valence-electron chi connectivity index (χ1n) is 4.68. The minimum absolute atomic E-state index is 0.311. The van der Waals surface area contributed by atoms with Gasteiger partial charge in [0.1, 0.15) is 0 Å². The lowest BCUT2D eigenvalue weighted by Crippen LogP contribution is -2.31. The first-order valence-corrected chi connectivity index (χ1v) is 4.68. The minimum Gasteiger partial charge on any atom is -0.481 e. The van der Waals surface area contributed by atoms with Crippen LogP contribution < -0.4 is 0 Å². The molecule has 4 heteroatoms.